The number of allylic oxidation sites excluding steroid dienone is 14. The van der Waals surface area contributed by atoms with E-state index in [-0.39, 0.29) is 0 Å². The largest absolute Gasteiger partial charge is 0.471 e. The summed E-state index contributed by atoms with van der Waals surface area (Å²) in [5.41, 5.74) is 11.2. The first kappa shape index (κ1) is 43.8. The maximum Gasteiger partial charge on any atom is 0.199 e. The van der Waals surface area contributed by atoms with Crippen molar-refractivity contribution < 1.29 is 4.42 Å². The first-order chi connectivity index (χ1) is 28.6. The summed E-state index contributed by atoms with van der Waals surface area (Å²) in [7, 11) is 4.12. The highest BCUT2D eigenvalue weighted by Gasteiger charge is 2.19. The maximum atomic E-state index is 6.37. The van der Waals surface area contributed by atoms with Gasteiger partial charge in [-0.3, -0.25) is 0 Å². The minimum absolute atomic E-state index is 0.528. The van der Waals surface area contributed by atoms with Gasteiger partial charge in [0, 0.05) is 55.1 Å². The van der Waals surface area contributed by atoms with Crippen LogP contribution in [0.3, 0.4) is 0 Å². The fourth-order valence-corrected chi connectivity index (χ4v) is 7.56. The van der Waals surface area contributed by atoms with E-state index in [4.69, 9.17) is 24.4 Å². The van der Waals surface area contributed by atoms with Crippen molar-refractivity contribution in [3.8, 4) is 11.4 Å². The summed E-state index contributed by atoms with van der Waals surface area (Å²) in [6, 6.07) is 9.91. The van der Waals surface area contributed by atoms with Crippen molar-refractivity contribution in [1.82, 2.24) is 24.5 Å². The number of rotatable bonds is 15. The second-order valence-corrected chi connectivity index (χ2v) is 14.5. The molecule has 9 heteroatoms. The Bertz CT molecular complexity index is 2820. The Hall–Kier alpha value is -6.31. The van der Waals surface area contributed by atoms with Crippen LogP contribution in [0.25, 0.3) is 71.3 Å². The van der Waals surface area contributed by atoms with Crippen molar-refractivity contribution in [2.45, 2.75) is 55.2 Å². The Labute approximate surface area is 354 Å². The molecule has 0 atom stereocenters. The predicted molar refractivity (Wildman–Crippen MR) is 260 cm³/mol. The number of thiazole rings is 1. The summed E-state index contributed by atoms with van der Waals surface area (Å²) >= 11 is 1.54. The molecule has 0 N–H and O–H groups in total. The molecule has 0 fully saturated rings. The predicted octanol–water partition coefficient (Wildman–Crippen LogP) is 8.33. The quantitative estimate of drug-likeness (QED) is 0.0789. The molecule has 2 radical (unpaired) electrons. The molecule has 4 aromatic heterocycles. The number of nitrogens with zero attached hydrogens (tertiary/aromatic N) is 5. The SMILES string of the molecule is C=C/C=C\c1c([B]C)c(C)c(/C=c2/oc([B]C)c(/C=C\C)c2=C)n1/C(C)=C/C(=C\C)c1n/c(=C/C(=C\C)c2nc(/C(C=C)=C/C=C\C)nc(-c3ccccc3)n2)c(=C)s1. The molecule has 0 aliphatic carbocycles. The van der Waals surface area contributed by atoms with Gasteiger partial charge in [0.2, 0.25) is 0 Å². The number of hydrogen-bond donors (Lipinski definition) is 0. The van der Waals surface area contributed by atoms with Crippen LogP contribution < -0.4 is 31.6 Å². The van der Waals surface area contributed by atoms with E-state index in [0.29, 0.717) is 22.9 Å². The number of aromatic nitrogens is 5. The van der Waals surface area contributed by atoms with Crippen molar-refractivity contribution in [2.75, 3.05) is 0 Å². The molecule has 1 aromatic carbocycles. The lowest BCUT2D eigenvalue weighted by Gasteiger charge is -2.12. The first-order valence-electron chi connectivity index (χ1n) is 19.6. The van der Waals surface area contributed by atoms with Crippen molar-refractivity contribution in [1.29, 1.82) is 0 Å². The van der Waals surface area contributed by atoms with Crippen LogP contribution >= 0.6 is 11.3 Å². The molecular weight excluding hydrogens is 740 g/mol. The lowest BCUT2D eigenvalue weighted by atomic mass is 9.71. The molecule has 0 bridgehead atoms. The van der Waals surface area contributed by atoms with Gasteiger partial charge in [-0.15, -0.1) is 11.3 Å². The summed E-state index contributed by atoms with van der Waals surface area (Å²) in [6.45, 7) is 33.1. The monoisotopic (exact) mass is 791 g/mol. The van der Waals surface area contributed by atoms with Crippen LogP contribution in [-0.2, 0) is 0 Å². The molecule has 0 spiro atoms. The third kappa shape index (κ3) is 9.70. The highest BCUT2D eigenvalue weighted by atomic mass is 32.1. The first-order valence-corrected chi connectivity index (χ1v) is 20.4. The van der Waals surface area contributed by atoms with E-state index in [0.717, 1.165) is 81.7 Å². The van der Waals surface area contributed by atoms with Gasteiger partial charge in [0.1, 0.15) is 10.4 Å². The molecule has 6 nitrogen and oxygen atoms in total. The fourth-order valence-electron chi connectivity index (χ4n) is 6.68. The number of benzene rings is 1. The summed E-state index contributed by atoms with van der Waals surface area (Å²) in [5, 5.41) is 2.42. The molecule has 5 aromatic rings. The molecule has 5 rings (SSSR count). The Balaban J connectivity index is 1.66. The molecule has 0 saturated carbocycles. The van der Waals surface area contributed by atoms with Crippen LogP contribution in [0.1, 0.15) is 73.8 Å². The lowest BCUT2D eigenvalue weighted by molar-refractivity contribution is 0.561. The van der Waals surface area contributed by atoms with Gasteiger partial charge in [-0.05, 0) is 65.3 Å². The highest BCUT2D eigenvalue weighted by molar-refractivity contribution is 7.10. The summed E-state index contributed by atoms with van der Waals surface area (Å²) < 4.78 is 9.46. The Morgan fingerprint density at radius 2 is 1.54 bits per heavy atom. The van der Waals surface area contributed by atoms with Gasteiger partial charge in [0.15, 0.2) is 32.0 Å². The molecular formula is C50H51B2N5OS. The highest BCUT2D eigenvalue weighted by Crippen LogP contribution is 2.26. The zero-order valence-electron chi connectivity index (χ0n) is 35.5. The Kier molecular flexibility index (Phi) is 15.1. The second-order valence-electron chi connectivity index (χ2n) is 13.5. The number of furan rings is 1. The number of hydrogen-bond acceptors (Lipinski definition) is 6. The van der Waals surface area contributed by atoms with E-state index in [1.165, 1.54) is 0 Å². The van der Waals surface area contributed by atoms with E-state index in [2.05, 4.69) is 83.1 Å². The van der Waals surface area contributed by atoms with Gasteiger partial charge in [0.05, 0.1) is 16.7 Å². The fraction of sp³-hybridized carbons (Fsp3) is 0.160. The summed E-state index contributed by atoms with van der Waals surface area (Å²) in [4.78, 5) is 19.8. The molecule has 0 saturated heterocycles. The molecule has 0 aliphatic heterocycles. The standard InChI is InChI=1S/C50H51B2N5OS/c1-13-19-25-36(16-4)47-54-48(56-49(55-47)39-26-22-21-23-27-39)37(17-5)30-41-35(10)59-50(53-41)38(18-6)29-32(7)57-42(28-20-14-2)45(51-11)34(9)43(57)31-44-33(8)40(24-15-3)46(52-12)58-44/h13-31H,2,4,8,10H2,1,3,5-7,9,11-12H3/b19-13-,24-15-,28-20-,32-29+,36-25+,37-17+,38-18+,41-30+,44-31+. The summed E-state index contributed by atoms with van der Waals surface area (Å²) in [6.07, 6.45) is 27.8. The average molecular weight is 792 g/mol. The van der Waals surface area contributed by atoms with E-state index < -0.39 is 0 Å². The second kappa shape index (κ2) is 20.4. The van der Waals surface area contributed by atoms with E-state index >= 15 is 0 Å². The van der Waals surface area contributed by atoms with Crippen LogP contribution in [-0.4, -0.2) is 39.1 Å². The molecule has 0 unspecified atom stereocenters. The average Bonchev–Trinajstić information content (AvgIpc) is 3.86. The maximum absolute atomic E-state index is 6.37. The Morgan fingerprint density at radius 3 is 2.15 bits per heavy atom. The third-order valence-electron chi connectivity index (χ3n) is 9.67. The van der Waals surface area contributed by atoms with Crippen molar-refractivity contribution in [3.63, 3.8) is 0 Å². The van der Waals surface area contributed by atoms with Gasteiger partial charge in [-0.25, -0.2) is 19.9 Å². The van der Waals surface area contributed by atoms with Gasteiger partial charge in [-0.2, -0.15) is 0 Å². The van der Waals surface area contributed by atoms with Crippen LogP contribution in [0, 0.1) is 6.92 Å². The lowest BCUT2D eigenvalue weighted by Crippen LogP contribution is -2.21. The van der Waals surface area contributed by atoms with E-state index in [9.17, 15) is 0 Å². The van der Waals surface area contributed by atoms with E-state index in [1.54, 1.807) is 23.5 Å². The van der Waals surface area contributed by atoms with Gasteiger partial charge in [0.25, 0.3) is 0 Å². The molecule has 59 heavy (non-hydrogen) atoms. The van der Waals surface area contributed by atoms with Crippen LogP contribution in [0.4, 0.5) is 0 Å². The van der Waals surface area contributed by atoms with Gasteiger partial charge < -0.3 is 8.98 Å². The summed E-state index contributed by atoms with van der Waals surface area (Å²) in [5.74, 6) is 1.63. The zero-order chi connectivity index (χ0) is 42.6. The van der Waals surface area contributed by atoms with Crippen LogP contribution in [0.2, 0.25) is 13.6 Å². The topological polar surface area (TPSA) is 69.6 Å². The molecule has 0 amide bonds. The van der Waals surface area contributed by atoms with Gasteiger partial charge >= 0.3 is 0 Å². The minimum Gasteiger partial charge on any atom is -0.471 e. The van der Waals surface area contributed by atoms with Crippen LogP contribution in [0.5, 0.6) is 0 Å². The van der Waals surface area contributed by atoms with Crippen molar-refractivity contribution >= 4 is 96.9 Å². The van der Waals surface area contributed by atoms with E-state index in [1.807, 2.05) is 121 Å². The Morgan fingerprint density at radius 1 is 0.831 bits per heavy atom. The zero-order valence-corrected chi connectivity index (χ0v) is 36.3. The van der Waals surface area contributed by atoms with Crippen LogP contribution in [0.15, 0.2) is 109 Å². The third-order valence-corrected chi connectivity index (χ3v) is 10.6. The molecule has 294 valence electrons. The smallest absolute Gasteiger partial charge is 0.199 e. The van der Waals surface area contributed by atoms with Gasteiger partial charge in [-0.1, -0.05) is 137 Å². The van der Waals surface area contributed by atoms with Crippen molar-refractivity contribution in [3.05, 3.63) is 164 Å². The molecule has 0 aliphatic rings. The molecule has 4 heterocycles. The minimum atomic E-state index is 0.528. The normalized spacial score (nSPS) is 13.8. The van der Waals surface area contributed by atoms with Crippen molar-refractivity contribution in [2.24, 2.45) is 0 Å².